The maximum Gasteiger partial charge on any atom is 0.338 e. The Morgan fingerprint density at radius 2 is 1.91 bits per heavy atom. The Balaban J connectivity index is 1.35. The molecule has 4 aromatic rings. The van der Waals surface area contributed by atoms with E-state index in [0.29, 0.717) is 52.9 Å². The average molecular weight is 682 g/mol. The van der Waals surface area contributed by atoms with E-state index in [1.807, 2.05) is 55.5 Å². The van der Waals surface area contributed by atoms with Gasteiger partial charge in [0.2, 0.25) is 6.79 Å². The van der Waals surface area contributed by atoms with Crippen LogP contribution in [0.15, 0.2) is 80.1 Å². The number of fused-ring (bicyclic) bond motifs is 2. The predicted octanol–water partition coefficient (Wildman–Crippen LogP) is 5.83. The molecule has 0 unspecified atom stereocenters. The van der Waals surface area contributed by atoms with Gasteiger partial charge in [0.05, 0.1) is 37.9 Å². The molecule has 1 aromatic heterocycles. The summed E-state index contributed by atoms with van der Waals surface area (Å²) in [5, 5.41) is 0.382. The molecule has 0 fully saturated rings. The SMILES string of the molecule is CCOC(=O)C1=C(C)N=c2s/c(=C/c3cc(Cl)c(OCc4ccc5c(c4)OCO5)c(Br)c3)c(=O)n2[C@H]1c1ccc(C)cc1. The van der Waals surface area contributed by atoms with Crippen LogP contribution in [-0.2, 0) is 16.1 Å². The Kier molecular flexibility index (Phi) is 8.17. The average Bonchev–Trinajstić information content (AvgIpc) is 3.56. The highest BCUT2D eigenvalue weighted by Gasteiger charge is 2.33. The number of allylic oxidation sites excluding steroid dienone is 1. The van der Waals surface area contributed by atoms with Gasteiger partial charge in [0, 0.05) is 0 Å². The molecule has 2 aliphatic heterocycles. The third kappa shape index (κ3) is 5.74. The van der Waals surface area contributed by atoms with E-state index >= 15 is 0 Å². The van der Waals surface area contributed by atoms with Gasteiger partial charge in [-0.2, -0.15) is 0 Å². The minimum absolute atomic E-state index is 0.204. The lowest BCUT2D eigenvalue weighted by atomic mass is 9.95. The van der Waals surface area contributed by atoms with Gasteiger partial charge in [0.1, 0.15) is 6.61 Å². The van der Waals surface area contributed by atoms with Crippen molar-refractivity contribution in [3.63, 3.8) is 0 Å². The van der Waals surface area contributed by atoms with E-state index in [4.69, 9.17) is 30.5 Å². The second-order valence-corrected chi connectivity index (χ2v) is 12.3. The summed E-state index contributed by atoms with van der Waals surface area (Å²) in [5.74, 6) is 1.37. The van der Waals surface area contributed by atoms with E-state index in [0.717, 1.165) is 16.7 Å². The summed E-state index contributed by atoms with van der Waals surface area (Å²) in [6.07, 6.45) is 1.76. The predicted molar refractivity (Wildman–Crippen MR) is 168 cm³/mol. The van der Waals surface area contributed by atoms with Crippen molar-refractivity contribution >= 4 is 50.9 Å². The number of hydrogen-bond acceptors (Lipinski definition) is 8. The minimum atomic E-state index is -0.666. The van der Waals surface area contributed by atoms with Crippen LogP contribution in [0.4, 0.5) is 0 Å². The first-order valence-corrected chi connectivity index (χ1v) is 15.5. The van der Waals surface area contributed by atoms with Gasteiger partial charge < -0.3 is 18.9 Å². The number of esters is 1. The van der Waals surface area contributed by atoms with E-state index in [2.05, 4.69) is 20.9 Å². The third-order valence-corrected chi connectivity index (χ3v) is 8.90. The Bertz CT molecular complexity index is 1940. The van der Waals surface area contributed by atoms with Crippen molar-refractivity contribution in [3.8, 4) is 17.2 Å². The van der Waals surface area contributed by atoms with Gasteiger partial charge in [0.25, 0.3) is 5.56 Å². The molecule has 1 atom stereocenters. The molecule has 0 saturated carbocycles. The normalized spacial score (nSPS) is 15.7. The summed E-state index contributed by atoms with van der Waals surface area (Å²) in [6.45, 7) is 6.19. The molecule has 0 amide bonds. The van der Waals surface area contributed by atoms with E-state index in [-0.39, 0.29) is 25.6 Å². The number of carbonyl (C=O) groups excluding carboxylic acids is 1. The molecular formula is C32H26BrClN2O6S. The fourth-order valence-corrected chi connectivity index (χ4v) is 7.03. The van der Waals surface area contributed by atoms with Gasteiger partial charge in [-0.15, -0.1) is 0 Å². The number of aryl methyl sites for hydroxylation is 1. The van der Waals surface area contributed by atoms with E-state index in [9.17, 15) is 9.59 Å². The first kappa shape index (κ1) is 29.2. The van der Waals surface area contributed by atoms with Crippen LogP contribution < -0.4 is 29.1 Å². The molecule has 43 heavy (non-hydrogen) atoms. The maximum atomic E-state index is 13.9. The van der Waals surface area contributed by atoms with Gasteiger partial charge in [-0.3, -0.25) is 9.36 Å². The Hall–Kier alpha value is -3.86. The first-order chi connectivity index (χ1) is 20.7. The molecule has 0 saturated heterocycles. The van der Waals surface area contributed by atoms with Crippen molar-refractivity contribution in [2.24, 2.45) is 4.99 Å². The fourth-order valence-electron chi connectivity index (χ4n) is 4.99. The van der Waals surface area contributed by atoms with Crippen molar-refractivity contribution in [3.05, 3.63) is 117 Å². The number of ether oxygens (including phenoxy) is 4. The second-order valence-electron chi connectivity index (χ2n) is 10.0. The summed E-state index contributed by atoms with van der Waals surface area (Å²) in [7, 11) is 0. The van der Waals surface area contributed by atoms with Crippen LogP contribution in [-0.4, -0.2) is 23.9 Å². The van der Waals surface area contributed by atoms with Crippen LogP contribution in [0.25, 0.3) is 6.08 Å². The molecule has 0 radical (unpaired) electrons. The zero-order valence-corrected chi connectivity index (χ0v) is 26.6. The Morgan fingerprint density at radius 1 is 1.14 bits per heavy atom. The standard InChI is InChI=1S/C32H26BrClN2O6S/c1-4-39-31(38)27-18(3)35-32-36(28(27)21-8-5-17(2)6-9-21)30(37)26(43-32)14-20-11-22(33)29(23(34)12-20)40-15-19-7-10-24-25(13-19)42-16-41-24/h5-14,28H,4,15-16H2,1-3H3/b26-14+/t28-/m0/s1. The highest BCUT2D eigenvalue weighted by atomic mass is 79.9. The second kappa shape index (κ2) is 12.0. The Labute approximate surface area is 264 Å². The molecule has 0 aliphatic carbocycles. The zero-order valence-electron chi connectivity index (χ0n) is 23.5. The van der Waals surface area contributed by atoms with Crippen LogP contribution in [0.3, 0.4) is 0 Å². The lowest BCUT2D eigenvalue weighted by molar-refractivity contribution is -0.139. The lowest BCUT2D eigenvalue weighted by Gasteiger charge is -2.24. The fraction of sp³-hybridized carbons (Fsp3) is 0.219. The molecule has 0 N–H and O–H groups in total. The van der Waals surface area contributed by atoms with E-state index in [1.165, 1.54) is 11.3 Å². The van der Waals surface area contributed by atoms with Crippen LogP contribution in [0.5, 0.6) is 17.2 Å². The molecule has 3 heterocycles. The number of hydrogen-bond donors (Lipinski definition) is 0. The quantitative estimate of drug-likeness (QED) is 0.228. The first-order valence-electron chi connectivity index (χ1n) is 13.5. The van der Waals surface area contributed by atoms with Gasteiger partial charge in [-0.1, -0.05) is 58.8 Å². The largest absolute Gasteiger partial charge is 0.486 e. The van der Waals surface area contributed by atoms with Gasteiger partial charge in [-0.05, 0) is 83.7 Å². The van der Waals surface area contributed by atoms with Crippen molar-refractivity contribution < 1.29 is 23.7 Å². The lowest BCUT2D eigenvalue weighted by Crippen LogP contribution is -2.39. The number of carbonyl (C=O) groups is 1. The summed E-state index contributed by atoms with van der Waals surface area (Å²) in [4.78, 5) is 32.1. The Morgan fingerprint density at radius 3 is 2.65 bits per heavy atom. The number of halogens is 2. The summed E-state index contributed by atoms with van der Waals surface area (Å²) < 4.78 is 24.9. The van der Waals surface area contributed by atoms with E-state index in [1.54, 1.807) is 30.6 Å². The highest BCUT2D eigenvalue weighted by molar-refractivity contribution is 9.10. The molecule has 8 nitrogen and oxygen atoms in total. The maximum absolute atomic E-state index is 13.9. The molecule has 220 valence electrons. The molecule has 3 aromatic carbocycles. The number of rotatable bonds is 7. The van der Waals surface area contributed by atoms with Crippen molar-refractivity contribution in [2.75, 3.05) is 13.4 Å². The molecule has 2 aliphatic rings. The summed E-state index contributed by atoms with van der Waals surface area (Å²) in [5.41, 5.74) is 4.07. The van der Waals surface area contributed by atoms with E-state index < -0.39 is 12.0 Å². The summed E-state index contributed by atoms with van der Waals surface area (Å²) in [6, 6.07) is 16.3. The van der Waals surface area contributed by atoms with Crippen molar-refractivity contribution in [1.82, 2.24) is 4.57 Å². The highest BCUT2D eigenvalue weighted by Crippen LogP contribution is 2.37. The van der Waals surface area contributed by atoms with Crippen LogP contribution >= 0.6 is 38.9 Å². The molecular weight excluding hydrogens is 656 g/mol. The van der Waals surface area contributed by atoms with Crippen LogP contribution in [0.1, 0.15) is 42.1 Å². The van der Waals surface area contributed by atoms with Crippen molar-refractivity contribution in [1.29, 1.82) is 0 Å². The zero-order chi connectivity index (χ0) is 30.2. The summed E-state index contributed by atoms with van der Waals surface area (Å²) >= 11 is 11.5. The molecule has 0 spiro atoms. The van der Waals surface area contributed by atoms with Crippen LogP contribution in [0, 0.1) is 6.92 Å². The van der Waals surface area contributed by atoms with Crippen LogP contribution in [0.2, 0.25) is 5.02 Å². The molecule has 11 heteroatoms. The third-order valence-electron chi connectivity index (χ3n) is 7.05. The van der Waals surface area contributed by atoms with Gasteiger partial charge in [-0.25, -0.2) is 9.79 Å². The molecule has 6 rings (SSSR count). The van der Waals surface area contributed by atoms with Gasteiger partial charge in [0.15, 0.2) is 22.0 Å². The number of aromatic nitrogens is 1. The monoisotopic (exact) mass is 680 g/mol. The number of benzene rings is 3. The number of nitrogens with zero attached hydrogens (tertiary/aromatic N) is 2. The smallest absolute Gasteiger partial charge is 0.338 e. The topological polar surface area (TPSA) is 88.4 Å². The van der Waals surface area contributed by atoms with Crippen molar-refractivity contribution in [2.45, 2.75) is 33.4 Å². The minimum Gasteiger partial charge on any atom is -0.486 e. The van der Waals surface area contributed by atoms with Gasteiger partial charge >= 0.3 is 5.97 Å². The molecule has 0 bridgehead atoms. The number of thiazole rings is 1.